The van der Waals surface area contributed by atoms with Gasteiger partial charge in [0.05, 0.1) is 12.0 Å². The fraction of sp³-hybridized carbons (Fsp3) is 0.818. The highest BCUT2D eigenvalue weighted by Gasteiger charge is 2.58. The van der Waals surface area contributed by atoms with Crippen LogP contribution >= 0.6 is 0 Å². The first-order chi connectivity index (χ1) is 7.57. The fourth-order valence-electron chi connectivity index (χ4n) is 2.86. The van der Waals surface area contributed by atoms with Gasteiger partial charge in [0.2, 0.25) is 5.91 Å². The summed E-state index contributed by atoms with van der Waals surface area (Å²) in [5.74, 6) is -0.0555. The molecule has 2 rings (SSSR count). The molecular weight excluding hydrogens is 210 g/mol. The SMILES string of the molecule is O=C(CC1(C(=O)O)CC2CC2C1)NCCO. The topological polar surface area (TPSA) is 86.6 Å². The van der Waals surface area contributed by atoms with Crippen LogP contribution in [0.3, 0.4) is 0 Å². The van der Waals surface area contributed by atoms with Gasteiger partial charge in [-0.2, -0.15) is 0 Å². The van der Waals surface area contributed by atoms with Crippen molar-refractivity contribution in [3.63, 3.8) is 0 Å². The van der Waals surface area contributed by atoms with Crippen LogP contribution in [-0.4, -0.2) is 35.2 Å². The number of nitrogens with one attached hydrogen (secondary N) is 1. The van der Waals surface area contributed by atoms with E-state index in [1.54, 1.807) is 0 Å². The summed E-state index contributed by atoms with van der Waals surface area (Å²) in [4.78, 5) is 22.8. The van der Waals surface area contributed by atoms with E-state index in [1.807, 2.05) is 0 Å². The van der Waals surface area contributed by atoms with E-state index in [2.05, 4.69) is 5.32 Å². The van der Waals surface area contributed by atoms with Crippen molar-refractivity contribution in [3.8, 4) is 0 Å². The van der Waals surface area contributed by atoms with Gasteiger partial charge in [-0.05, 0) is 31.1 Å². The molecule has 2 aliphatic rings. The summed E-state index contributed by atoms with van der Waals surface area (Å²) in [5, 5.41) is 20.3. The molecule has 0 heterocycles. The van der Waals surface area contributed by atoms with Crippen molar-refractivity contribution in [2.24, 2.45) is 17.3 Å². The highest BCUT2D eigenvalue weighted by molar-refractivity contribution is 5.85. The number of carboxylic acid groups (broad SMARTS) is 1. The Bertz CT molecular complexity index is 305. The average Bonchev–Trinajstić information content (AvgIpc) is 2.84. The average molecular weight is 227 g/mol. The fourth-order valence-corrected chi connectivity index (χ4v) is 2.86. The molecule has 0 radical (unpaired) electrons. The van der Waals surface area contributed by atoms with Crippen LogP contribution < -0.4 is 5.32 Å². The monoisotopic (exact) mass is 227 g/mol. The van der Waals surface area contributed by atoms with E-state index in [1.165, 1.54) is 0 Å². The summed E-state index contributed by atoms with van der Waals surface area (Å²) in [6.45, 7) is 0.0818. The molecule has 2 fully saturated rings. The van der Waals surface area contributed by atoms with E-state index in [0.29, 0.717) is 24.7 Å². The number of aliphatic carboxylic acids is 1. The number of carbonyl (C=O) groups is 2. The zero-order valence-electron chi connectivity index (χ0n) is 9.11. The number of fused-ring (bicyclic) bond motifs is 1. The number of aliphatic hydroxyl groups excluding tert-OH is 1. The van der Waals surface area contributed by atoms with Crippen molar-refractivity contribution in [3.05, 3.63) is 0 Å². The molecule has 5 nitrogen and oxygen atoms in total. The van der Waals surface area contributed by atoms with Gasteiger partial charge in [0, 0.05) is 13.0 Å². The maximum atomic E-state index is 11.5. The number of carbonyl (C=O) groups excluding carboxylic acids is 1. The zero-order chi connectivity index (χ0) is 11.8. The van der Waals surface area contributed by atoms with Crippen LogP contribution in [0, 0.1) is 17.3 Å². The molecule has 5 heteroatoms. The maximum absolute atomic E-state index is 11.5. The van der Waals surface area contributed by atoms with Crippen molar-refractivity contribution in [1.29, 1.82) is 0 Å². The molecule has 3 N–H and O–H groups in total. The van der Waals surface area contributed by atoms with Crippen molar-refractivity contribution >= 4 is 11.9 Å². The van der Waals surface area contributed by atoms with Gasteiger partial charge in [0.15, 0.2) is 0 Å². The van der Waals surface area contributed by atoms with Gasteiger partial charge in [0.1, 0.15) is 0 Å². The highest BCUT2D eigenvalue weighted by atomic mass is 16.4. The summed E-state index contributed by atoms with van der Waals surface area (Å²) in [6, 6.07) is 0. The first-order valence-electron chi connectivity index (χ1n) is 5.68. The van der Waals surface area contributed by atoms with Crippen LogP contribution in [0.15, 0.2) is 0 Å². The van der Waals surface area contributed by atoms with Crippen LogP contribution in [0.2, 0.25) is 0 Å². The molecular formula is C11H17NO4. The van der Waals surface area contributed by atoms with Crippen LogP contribution in [0.1, 0.15) is 25.7 Å². The Balaban J connectivity index is 1.93. The second-order valence-electron chi connectivity index (χ2n) is 5.00. The second kappa shape index (κ2) is 4.05. The van der Waals surface area contributed by atoms with Gasteiger partial charge >= 0.3 is 5.97 Å². The van der Waals surface area contributed by atoms with Gasteiger partial charge < -0.3 is 15.5 Å². The number of carboxylic acids is 1. The Morgan fingerprint density at radius 2 is 1.94 bits per heavy atom. The van der Waals surface area contributed by atoms with E-state index in [-0.39, 0.29) is 25.5 Å². The van der Waals surface area contributed by atoms with Crippen LogP contribution in [-0.2, 0) is 9.59 Å². The largest absolute Gasteiger partial charge is 0.481 e. The van der Waals surface area contributed by atoms with Gasteiger partial charge in [0.25, 0.3) is 0 Å². The van der Waals surface area contributed by atoms with Crippen LogP contribution in [0.25, 0.3) is 0 Å². The lowest BCUT2D eigenvalue weighted by Crippen LogP contribution is -2.37. The molecule has 0 aromatic carbocycles. The highest BCUT2D eigenvalue weighted by Crippen LogP contribution is 2.61. The van der Waals surface area contributed by atoms with Crippen molar-refractivity contribution in [1.82, 2.24) is 5.32 Å². The maximum Gasteiger partial charge on any atom is 0.310 e. The Morgan fingerprint density at radius 1 is 1.31 bits per heavy atom. The van der Waals surface area contributed by atoms with E-state index in [0.717, 1.165) is 6.42 Å². The number of aliphatic hydroxyl groups is 1. The summed E-state index contributed by atoms with van der Waals surface area (Å²) < 4.78 is 0. The zero-order valence-corrected chi connectivity index (χ0v) is 9.11. The molecule has 0 aromatic heterocycles. The molecule has 1 amide bonds. The predicted molar refractivity (Wildman–Crippen MR) is 55.6 cm³/mol. The predicted octanol–water partition coefficient (Wildman–Crippen LogP) is -0.0141. The third-order valence-electron chi connectivity index (χ3n) is 3.76. The van der Waals surface area contributed by atoms with Gasteiger partial charge in [-0.3, -0.25) is 9.59 Å². The molecule has 2 saturated carbocycles. The Hall–Kier alpha value is -1.10. The lowest BCUT2D eigenvalue weighted by atomic mass is 9.79. The smallest absolute Gasteiger partial charge is 0.310 e. The van der Waals surface area contributed by atoms with Crippen molar-refractivity contribution in [2.75, 3.05) is 13.2 Å². The molecule has 2 atom stereocenters. The summed E-state index contributed by atoms with van der Waals surface area (Å²) in [5.41, 5.74) is -0.840. The lowest BCUT2D eigenvalue weighted by Gasteiger charge is -2.25. The van der Waals surface area contributed by atoms with Gasteiger partial charge in [-0.1, -0.05) is 0 Å². The third-order valence-corrected chi connectivity index (χ3v) is 3.76. The van der Waals surface area contributed by atoms with Crippen LogP contribution in [0.5, 0.6) is 0 Å². The molecule has 2 aliphatic carbocycles. The minimum absolute atomic E-state index is 0.0509. The molecule has 2 unspecified atom stereocenters. The standard InChI is InChI=1S/C11H17NO4/c13-2-1-12-9(14)6-11(10(15)16)4-7-3-8(7)5-11/h7-8,13H,1-6H2,(H,12,14)(H,15,16). The summed E-state index contributed by atoms with van der Waals surface area (Å²) in [6.07, 6.45) is 2.46. The second-order valence-corrected chi connectivity index (χ2v) is 5.00. The Labute approximate surface area is 93.8 Å². The Kier molecular flexibility index (Phi) is 2.88. The minimum Gasteiger partial charge on any atom is -0.481 e. The van der Waals surface area contributed by atoms with Gasteiger partial charge in [-0.15, -0.1) is 0 Å². The molecule has 0 saturated heterocycles. The quantitative estimate of drug-likeness (QED) is 0.616. The van der Waals surface area contributed by atoms with E-state index < -0.39 is 11.4 Å². The summed E-state index contributed by atoms with van der Waals surface area (Å²) >= 11 is 0. The molecule has 0 bridgehead atoms. The van der Waals surface area contributed by atoms with Crippen molar-refractivity contribution in [2.45, 2.75) is 25.7 Å². The molecule has 90 valence electrons. The number of hydrogen-bond donors (Lipinski definition) is 3. The number of rotatable bonds is 5. The lowest BCUT2D eigenvalue weighted by molar-refractivity contribution is -0.152. The first kappa shape index (κ1) is 11.4. The Morgan fingerprint density at radius 3 is 2.44 bits per heavy atom. The molecule has 0 aliphatic heterocycles. The minimum atomic E-state index is -0.848. The van der Waals surface area contributed by atoms with E-state index in [4.69, 9.17) is 5.11 Å². The first-order valence-corrected chi connectivity index (χ1v) is 5.68. The van der Waals surface area contributed by atoms with Gasteiger partial charge in [-0.25, -0.2) is 0 Å². The van der Waals surface area contributed by atoms with E-state index >= 15 is 0 Å². The molecule has 0 spiro atoms. The molecule has 0 aromatic rings. The third kappa shape index (κ3) is 2.04. The summed E-state index contributed by atoms with van der Waals surface area (Å²) in [7, 11) is 0. The normalized spacial score (nSPS) is 35.6. The van der Waals surface area contributed by atoms with Crippen molar-refractivity contribution < 1.29 is 19.8 Å². The van der Waals surface area contributed by atoms with Crippen LogP contribution in [0.4, 0.5) is 0 Å². The number of amides is 1. The van der Waals surface area contributed by atoms with E-state index in [9.17, 15) is 14.7 Å². The number of hydrogen-bond acceptors (Lipinski definition) is 3. The molecule has 16 heavy (non-hydrogen) atoms.